The van der Waals surface area contributed by atoms with Gasteiger partial charge in [-0.25, -0.2) is 9.67 Å². The predicted molar refractivity (Wildman–Crippen MR) is 105 cm³/mol. The fraction of sp³-hybridized carbons (Fsp3) is 0.0526. The number of nitrogens with zero attached hydrogens (tertiary/aromatic N) is 5. The zero-order valence-corrected chi connectivity index (χ0v) is 14.9. The normalized spacial score (nSPS) is 10.8. The molecule has 1 amide bonds. The predicted octanol–water partition coefficient (Wildman–Crippen LogP) is 2.13. The average molecular weight is 390 g/mol. The molecular formula is C19H14N6O4. The number of fused-ring (bicyclic) bond motifs is 1. The minimum Gasteiger partial charge on any atom is -0.325 e. The number of non-ortho nitro benzene ring substituents is 1. The number of para-hydroxylation sites is 1. The van der Waals surface area contributed by atoms with Gasteiger partial charge in [-0.3, -0.25) is 24.3 Å². The summed E-state index contributed by atoms with van der Waals surface area (Å²) >= 11 is 0. The van der Waals surface area contributed by atoms with Crippen LogP contribution in [-0.4, -0.2) is 30.2 Å². The molecule has 29 heavy (non-hydrogen) atoms. The molecule has 0 atom stereocenters. The van der Waals surface area contributed by atoms with Crippen molar-refractivity contribution in [3.05, 3.63) is 87.6 Å². The van der Waals surface area contributed by atoms with E-state index in [-0.39, 0.29) is 12.2 Å². The first-order valence-corrected chi connectivity index (χ1v) is 8.56. The Morgan fingerprint density at radius 3 is 2.52 bits per heavy atom. The second-order valence-corrected chi connectivity index (χ2v) is 6.16. The molecule has 0 spiro atoms. The molecule has 1 N–H and O–H groups in total. The number of hydrogen-bond acceptors (Lipinski definition) is 6. The van der Waals surface area contributed by atoms with Crippen molar-refractivity contribution in [2.24, 2.45) is 0 Å². The van der Waals surface area contributed by atoms with Gasteiger partial charge in [-0.15, -0.1) is 0 Å². The van der Waals surface area contributed by atoms with Gasteiger partial charge < -0.3 is 5.32 Å². The molecule has 4 rings (SSSR count). The summed E-state index contributed by atoms with van der Waals surface area (Å²) < 4.78 is 2.73. The summed E-state index contributed by atoms with van der Waals surface area (Å²) in [6.45, 7) is -0.255. The summed E-state index contributed by atoms with van der Waals surface area (Å²) in [4.78, 5) is 39.4. The van der Waals surface area contributed by atoms with Crippen molar-refractivity contribution in [2.45, 2.75) is 6.54 Å². The lowest BCUT2D eigenvalue weighted by molar-refractivity contribution is -0.384. The molecule has 10 heteroatoms. The van der Waals surface area contributed by atoms with E-state index in [2.05, 4.69) is 15.4 Å². The first kappa shape index (κ1) is 18.0. The number of carbonyl (C=O) groups excluding carboxylic acids is 1. The summed E-state index contributed by atoms with van der Waals surface area (Å²) in [7, 11) is 0. The molecule has 0 bridgehead atoms. The SMILES string of the molecule is O=C(Cn1cnc2c(cnn2-c2ccccc2)c1=O)Nc1ccc([N+](=O)[O-])cc1. The van der Waals surface area contributed by atoms with E-state index in [0.717, 1.165) is 5.69 Å². The van der Waals surface area contributed by atoms with E-state index < -0.39 is 16.4 Å². The average Bonchev–Trinajstić information content (AvgIpc) is 3.16. The molecule has 4 aromatic rings. The highest BCUT2D eigenvalue weighted by molar-refractivity contribution is 5.90. The maximum atomic E-state index is 12.7. The van der Waals surface area contributed by atoms with Crippen molar-refractivity contribution < 1.29 is 9.72 Å². The standard InChI is InChI=1S/C19H14N6O4/c26-17(22-13-6-8-15(9-7-13)25(28)29)11-23-12-20-18-16(19(23)27)10-21-24(18)14-4-2-1-3-5-14/h1-10,12H,11H2,(H,22,26). The third-order valence-electron chi connectivity index (χ3n) is 4.23. The molecule has 0 aliphatic carbocycles. The lowest BCUT2D eigenvalue weighted by Crippen LogP contribution is -2.27. The summed E-state index contributed by atoms with van der Waals surface area (Å²) in [5.74, 6) is -0.461. The van der Waals surface area contributed by atoms with Crippen LogP contribution in [0.3, 0.4) is 0 Å². The van der Waals surface area contributed by atoms with Crippen molar-refractivity contribution >= 4 is 28.3 Å². The molecule has 10 nitrogen and oxygen atoms in total. The summed E-state index contributed by atoms with van der Waals surface area (Å²) in [6, 6.07) is 14.7. The highest BCUT2D eigenvalue weighted by Crippen LogP contribution is 2.16. The lowest BCUT2D eigenvalue weighted by Gasteiger charge is -2.07. The van der Waals surface area contributed by atoms with Gasteiger partial charge >= 0.3 is 0 Å². The van der Waals surface area contributed by atoms with Gasteiger partial charge in [-0.05, 0) is 24.3 Å². The van der Waals surface area contributed by atoms with Crippen LogP contribution in [0.2, 0.25) is 0 Å². The first-order valence-electron chi connectivity index (χ1n) is 8.56. The van der Waals surface area contributed by atoms with Crippen LogP contribution in [-0.2, 0) is 11.3 Å². The van der Waals surface area contributed by atoms with Crippen molar-refractivity contribution in [2.75, 3.05) is 5.32 Å². The first-order chi connectivity index (χ1) is 14.0. The Morgan fingerprint density at radius 1 is 1.10 bits per heavy atom. The molecular weight excluding hydrogens is 376 g/mol. The Morgan fingerprint density at radius 2 is 1.83 bits per heavy atom. The van der Waals surface area contributed by atoms with Gasteiger partial charge in [0.15, 0.2) is 5.65 Å². The molecule has 0 aliphatic rings. The number of benzene rings is 2. The molecule has 144 valence electrons. The van der Waals surface area contributed by atoms with E-state index >= 15 is 0 Å². The number of nitro groups is 1. The van der Waals surface area contributed by atoms with Crippen molar-refractivity contribution in [1.82, 2.24) is 19.3 Å². The Balaban J connectivity index is 1.55. The fourth-order valence-electron chi connectivity index (χ4n) is 2.84. The Kier molecular flexibility index (Phi) is 4.57. The van der Waals surface area contributed by atoms with Crippen molar-refractivity contribution in [3.8, 4) is 5.69 Å². The minimum atomic E-state index is -0.526. The highest BCUT2D eigenvalue weighted by atomic mass is 16.6. The van der Waals surface area contributed by atoms with Crippen LogP contribution in [0.15, 0.2) is 71.9 Å². The number of nitrogens with one attached hydrogen (secondary N) is 1. The number of nitro benzene ring substituents is 1. The molecule has 0 fully saturated rings. The van der Waals surface area contributed by atoms with Gasteiger partial charge in [0, 0.05) is 17.8 Å². The van der Waals surface area contributed by atoms with Gasteiger partial charge in [0.25, 0.3) is 11.2 Å². The summed E-state index contributed by atoms with van der Waals surface area (Å²) in [5.41, 5.74) is 1.08. The Bertz CT molecular complexity index is 1260. The summed E-state index contributed by atoms with van der Waals surface area (Å²) in [6.07, 6.45) is 2.71. The van der Waals surface area contributed by atoms with Crippen LogP contribution < -0.4 is 10.9 Å². The monoisotopic (exact) mass is 390 g/mol. The molecule has 0 radical (unpaired) electrons. The second kappa shape index (κ2) is 7.35. The summed E-state index contributed by atoms with van der Waals surface area (Å²) in [5, 5.41) is 17.8. The number of carbonyl (C=O) groups is 1. The highest BCUT2D eigenvalue weighted by Gasteiger charge is 2.13. The lowest BCUT2D eigenvalue weighted by atomic mass is 10.3. The topological polar surface area (TPSA) is 125 Å². The van der Waals surface area contributed by atoms with Crippen LogP contribution >= 0.6 is 0 Å². The quantitative estimate of drug-likeness (QED) is 0.411. The number of amides is 1. The molecule has 0 aliphatic heterocycles. The van der Waals surface area contributed by atoms with Crippen LogP contribution in [0.5, 0.6) is 0 Å². The Hall–Kier alpha value is -4.34. The zero-order chi connectivity index (χ0) is 20.4. The van der Waals surface area contributed by atoms with Crippen LogP contribution in [0.25, 0.3) is 16.7 Å². The van der Waals surface area contributed by atoms with E-state index in [0.29, 0.717) is 16.7 Å². The van der Waals surface area contributed by atoms with E-state index in [1.807, 2.05) is 30.3 Å². The zero-order valence-electron chi connectivity index (χ0n) is 14.9. The van der Waals surface area contributed by atoms with E-state index in [1.54, 1.807) is 4.68 Å². The van der Waals surface area contributed by atoms with Crippen LogP contribution in [0, 0.1) is 10.1 Å². The van der Waals surface area contributed by atoms with Gasteiger partial charge in [0.05, 0.1) is 16.8 Å². The van der Waals surface area contributed by atoms with Crippen LogP contribution in [0.1, 0.15) is 0 Å². The van der Waals surface area contributed by atoms with E-state index in [9.17, 15) is 19.7 Å². The molecule has 0 unspecified atom stereocenters. The number of hydrogen-bond donors (Lipinski definition) is 1. The number of aromatic nitrogens is 4. The molecule has 0 saturated carbocycles. The van der Waals surface area contributed by atoms with Crippen molar-refractivity contribution in [1.29, 1.82) is 0 Å². The third kappa shape index (κ3) is 3.58. The van der Waals surface area contributed by atoms with Gasteiger partial charge in [-0.2, -0.15) is 5.10 Å². The Labute approximate surface area is 163 Å². The molecule has 2 aromatic carbocycles. The number of anilines is 1. The van der Waals surface area contributed by atoms with Crippen LogP contribution in [0.4, 0.5) is 11.4 Å². The smallest absolute Gasteiger partial charge is 0.269 e. The fourth-order valence-corrected chi connectivity index (χ4v) is 2.84. The van der Waals surface area contributed by atoms with Crippen molar-refractivity contribution in [3.63, 3.8) is 0 Å². The molecule has 0 saturated heterocycles. The van der Waals surface area contributed by atoms with E-state index in [4.69, 9.17) is 0 Å². The maximum absolute atomic E-state index is 12.7. The van der Waals surface area contributed by atoms with Gasteiger partial charge in [0.1, 0.15) is 18.3 Å². The third-order valence-corrected chi connectivity index (χ3v) is 4.23. The van der Waals surface area contributed by atoms with E-state index in [1.165, 1.54) is 41.4 Å². The molecule has 2 aromatic heterocycles. The second-order valence-electron chi connectivity index (χ2n) is 6.16. The molecule has 2 heterocycles. The largest absolute Gasteiger partial charge is 0.325 e. The van der Waals surface area contributed by atoms with Gasteiger partial charge in [0.2, 0.25) is 5.91 Å². The maximum Gasteiger partial charge on any atom is 0.269 e. The number of rotatable bonds is 5. The minimum absolute atomic E-state index is 0.0794. The van der Waals surface area contributed by atoms with Gasteiger partial charge in [-0.1, -0.05) is 18.2 Å².